The van der Waals surface area contributed by atoms with Crippen LogP contribution < -0.4 is 14.4 Å². The van der Waals surface area contributed by atoms with E-state index in [2.05, 4.69) is 14.9 Å². The van der Waals surface area contributed by atoms with E-state index in [4.69, 9.17) is 23.9 Å². The van der Waals surface area contributed by atoms with E-state index in [0.29, 0.717) is 43.3 Å². The van der Waals surface area contributed by atoms with Crippen molar-refractivity contribution in [3.05, 3.63) is 42.0 Å². The van der Waals surface area contributed by atoms with E-state index in [0.717, 1.165) is 51.5 Å². The first-order valence-electron chi connectivity index (χ1n) is 17.9. The molecule has 51 heavy (non-hydrogen) atoms. The summed E-state index contributed by atoms with van der Waals surface area (Å²) >= 11 is 0. The SMILES string of the molecule is COc1nc(-c2cc(O)cc3cccc(F)c23)c(F)c2nc(OC[C@]34CCC[C@H]3N(C3CC(OC)C3)CCC4)nc(N3CCOC[C@@](C)(O)C3)c12. The number of hydrogen-bond donors (Lipinski definition) is 2. The fourth-order valence-electron chi connectivity index (χ4n) is 9.05. The zero-order valence-corrected chi connectivity index (χ0v) is 29.3. The third kappa shape index (κ3) is 6.11. The normalized spacial score (nSPS) is 28.4. The summed E-state index contributed by atoms with van der Waals surface area (Å²) in [6, 6.07) is 8.02. The number of halogens is 2. The lowest BCUT2D eigenvalue weighted by Crippen LogP contribution is -2.59. The number of fused-ring (bicyclic) bond motifs is 3. The van der Waals surface area contributed by atoms with Gasteiger partial charge in [-0.05, 0) is 75.6 Å². The van der Waals surface area contributed by atoms with Gasteiger partial charge in [0.05, 0.1) is 39.6 Å². The van der Waals surface area contributed by atoms with Crippen LogP contribution in [0.1, 0.15) is 51.9 Å². The predicted molar refractivity (Wildman–Crippen MR) is 187 cm³/mol. The van der Waals surface area contributed by atoms with Gasteiger partial charge in [0.1, 0.15) is 39.6 Å². The Morgan fingerprint density at radius 3 is 2.67 bits per heavy atom. The number of ether oxygens (including phenoxy) is 4. The third-order valence-corrected chi connectivity index (χ3v) is 11.5. The van der Waals surface area contributed by atoms with Gasteiger partial charge in [-0.15, -0.1) is 0 Å². The van der Waals surface area contributed by atoms with Crippen LogP contribution in [0.2, 0.25) is 0 Å². The molecule has 13 heteroatoms. The summed E-state index contributed by atoms with van der Waals surface area (Å²) in [6.07, 6.45) is 7.71. The second-order valence-corrected chi connectivity index (χ2v) is 15.0. The van der Waals surface area contributed by atoms with E-state index in [1.807, 2.05) is 4.90 Å². The number of phenols is 1. The van der Waals surface area contributed by atoms with Crippen molar-refractivity contribution >= 4 is 27.5 Å². The van der Waals surface area contributed by atoms with E-state index in [-0.39, 0.29) is 69.6 Å². The second kappa shape index (κ2) is 13.3. The highest BCUT2D eigenvalue weighted by Crippen LogP contribution is 2.50. The Balaban J connectivity index is 1.24. The van der Waals surface area contributed by atoms with Crippen LogP contribution in [-0.4, -0.2) is 108 Å². The van der Waals surface area contributed by atoms with Crippen LogP contribution in [0.25, 0.3) is 32.9 Å². The summed E-state index contributed by atoms with van der Waals surface area (Å²) in [4.78, 5) is 18.6. The van der Waals surface area contributed by atoms with E-state index in [1.165, 1.54) is 31.4 Å². The van der Waals surface area contributed by atoms with Crippen LogP contribution in [0.5, 0.6) is 17.6 Å². The van der Waals surface area contributed by atoms with Gasteiger partial charge in [0.25, 0.3) is 0 Å². The third-order valence-electron chi connectivity index (χ3n) is 11.5. The van der Waals surface area contributed by atoms with Crippen molar-refractivity contribution in [1.82, 2.24) is 19.9 Å². The number of methoxy groups -OCH3 is 2. The van der Waals surface area contributed by atoms with E-state index >= 15 is 8.78 Å². The number of benzene rings is 2. The van der Waals surface area contributed by atoms with E-state index in [1.54, 1.807) is 20.1 Å². The maximum absolute atomic E-state index is 17.1. The molecule has 4 heterocycles. The molecule has 3 atom stereocenters. The van der Waals surface area contributed by atoms with E-state index in [9.17, 15) is 10.2 Å². The Morgan fingerprint density at radius 1 is 1.04 bits per heavy atom. The van der Waals surface area contributed by atoms with Gasteiger partial charge in [-0.2, -0.15) is 9.97 Å². The molecule has 2 aliphatic carbocycles. The first kappa shape index (κ1) is 34.2. The molecule has 2 saturated carbocycles. The summed E-state index contributed by atoms with van der Waals surface area (Å²) in [5.74, 6) is -1.31. The number of nitrogens with zero attached hydrogens (tertiary/aromatic N) is 5. The number of aromatic hydroxyl groups is 1. The smallest absolute Gasteiger partial charge is 0.319 e. The van der Waals surface area contributed by atoms with Gasteiger partial charge in [-0.3, -0.25) is 4.90 Å². The van der Waals surface area contributed by atoms with Crippen molar-refractivity contribution in [3.8, 4) is 28.9 Å². The number of β-amino-alcohol motifs (C(OH)–C–C–N with tert-alkyl or cyclic N) is 1. The molecule has 4 aromatic rings. The van der Waals surface area contributed by atoms with Crippen LogP contribution in [0, 0.1) is 17.0 Å². The minimum atomic E-state index is -1.23. The largest absolute Gasteiger partial charge is 0.508 e. The van der Waals surface area contributed by atoms with Crippen LogP contribution in [-0.2, 0) is 9.47 Å². The lowest BCUT2D eigenvalue weighted by molar-refractivity contribution is -0.0845. The van der Waals surface area contributed by atoms with Crippen molar-refractivity contribution in [2.75, 3.05) is 58.6 Å². The number of aliphatic hydroxyl groups is 1. The van der Waals surface area contributed by atoms with Crippen molar-refractivity contribution < 1.29 is 37.9 Å². The molecular formula is C38H45F2N5O6. The predicted octanol–water partition coefficient (Wildman–Crippen LogP) is 5.62. The summed E-state index contributed by atoms with van der Waals surface area (Å²) in [5.41, 5.74) is -1.63. The molecular weight excluding hydrogens is 660 g/mol. The molecule has 2 aliphatic heterocycles. The molecule has 0 bridgehead atoms. The molecule has 2 aromatic carbocycles. The zero-order chi connectivity index (χ0) is 35.5. The molecule has 2 N–H and O–H groups in total. The Hall–Kier alpha value is -3.91. The Kier molecular flexibility index (Phi) is 8.88. The number of piperidine rings is 1. The maximum Gasteiger partial charge on any atom is 0.319 e. The van der Waals surface area contributed by atoms with Crippen LogP contribution in [0.4, 0.5) is 14.6 Å². The highest BCUT2D eigenvalue weighted by Gasteiger charge is 2.52. The molecule has 2 saturated heterocycles. The van der Waals surface area contributed by atoms with Gasteiger partial charge in [0, 0.05) is 42.1 Å². The zero-order valence-electron chi connectivity index (χ0n) is 29.3. The first-order valence-corrected chi connectivity index (χ1v) is 17.9. The molecule has 0 amide bonds. The number of rotatable bonds is 8. The molecule has 2 aromatic heterocycles. The average Bonchev–Trinajstić information content (AvgIpc) is 3.44. The molecule has 0 unspecified atom stereocenters. The summed E-state index contributed by atoms with van der Waals surface area (Å²) in [7, 11) is 3.19. The summed E-state index contributed by atoms with van der Waals surface area (Å²) in [5, 5.41) is 22.4. The van der Waals surface area contributed by atoms with Gasteiger partial charge >= 0.3 is 6.01 Å². The summed E-state index contributed by atoms with van der Waals surface area (Å²) in [6.45, 7) is 4.01. The number of pyridine rings is 1. The molecule has 4 aliphatic rings. The molecule has 272 valence electrons. The first-order chi connectivity index (χ1) is 24.6. The quantitative estimate of drug-likeness (QED) is 0.238. The van der Waals surface area contributed by atoms with Gasteiger partial charge < -0.3 is 34.1 Å². The van der Waals surface area contributed by atoms with E-state index < -0.39 is 17.2 Å². The Bertz CT molecular complexity index is 1960. The molecule has 0 radical (unpaired) electrons. The van der Waals surface area contributed by atoms with Crippen molar-refractivity contribution in [2.24, 2.45) is 5.41 Å². The summed E-state index contributed by atoms with van der Waals surface area (Å²) < 4.78 is 56.0. The van der Waals surface area contributed by atoms with Crippen LogP contribution in [0.15, 0.2) is 30.3 Å². The minimum Gasteiger partial charge on any atom is -0.508 e. The topological polar surface area (TPSA) is 123 Å². The highest BCUT2D eigenvalue weighted by atomic mass is 19.1. The van der Waals surface area contributed by atoms with Crippen LogP contribution in [0.3, 0.4) is 0 Å². The number of anilines is 1. The average molecular weight is 706 g/mol. The lowest BCUT2D eigenvalue weighted by Gasteiger charge is -2.53. The lowest BCUT2D eigenvalue weighted by atomic mass is 9.73. The van der Waals surface area contributed by atoms with Gasteiger partial charge in [0.2, 0.25) is 5.88 Å². The maximum atomic E-state index is 17.1. The monoisotopic (exact) mass is 705 g/mol. The van der Waals surface area contributed by atoms with Crippen molar-refractivity contribution in [3.63, 3.8) is 0 Å². The second-order valence-electron chi connectivity index (χ2n) is 15.0. The Morgan fingerprint density at radius 2 is 1.86 bits per heavy atom. The molecule has 0 spiro atoms. The van der Waals surface area contributed by atoms with Crippen molar-refractivity contribution in [1.29, 1.82) is 0 Å². The molecule has 4 fully saturated rings. The molecule has 11 nitrogen and oxygen atoms in total. The fraction of sp³-hybridized carbons (Fsp3) is 0.553. The van der Waals surface area contributed by atoms with Crippen molar-refractivity contribution in [2.45, 2.75) is 75.7 Å². The number of hydrogen-bond acceptors (Lipinski definition) is 11. The fourth-order valence-corrected chi connectivity index (χ4v) is 9.05. The number of aromatic nitrogens is 3. The Labute approximate surface area is 295 Å². The minimum absolute atomic E-state index is 0.00685. The number of phenolic OH excluding ortho intramolecular Hbond substituents is 1. The van der Waals surface area contributed by atoms with Gasteiger partial charge in [0.15, 0.2) is 5.82 Å². The molecule has 8 rings (SSSR count). The standard InChI is InChI=1S/C38H45F2N5O6/c1-37(47)19-44(13-14-50-20-37)34-30-33(31(40)32(41-35(30)49-3)26-18-24(46)15-22-7-4-8-27(39)29(22)26)42-36(43-34)51-21-38-10-5-9-28(38)45(12-6-11-38)23-16-25(17-23)48-2/h4,7-8,15,18,23,25,28,46-47H,5-6,9-14,16-17,19-21H2,1-3H3/t23?,25?,28-,37+,38-/m1/s1. The van der Waals surface area contributed by atoms with Crippen LogP contribution >= 0.6 is 0 Å². The highest BCUT2D eigenvalue weighted by molar-refractivity contribution is 6.02. The van der Waals surface area contributed by atoms with Gasteiger partial charge in [-0.1, -0.05) is 18.6 Å². The van der Waals surface area contributed by atoms with Gasteiger partial charge in [-0.25, -0.2) is 13.8 Å². The number of likely N-dealkylation sites (tertiary alicyclic amines) is 1.